The van der Waals surface area contributed by atoms with Gasteiger partial charge in [0, 0.05) is 25.2 Å². The van der Waals surface area contributed by atoms with Crippen molar-refractivity contribution in [2.24, 2.45) is 0 Å². The molecule has 2 N–H and O–H groups in total. The largest absolute Gasteiger partial charge is 0.313 e. The zero-order chi connectivity index (χ0) is 14.3. The maximum absolute atomic E-state index is 3.77. The second kappa shape index (κ2) is 7.95. The third kappa shape index (κ3) is 4.55. The van der Waals surface area contributed by atoms with E-state index in [1.807, 2.05) is 0 Å². The lowest BCUT2D eigenvalue weighted by molar-refractivity contribution is 0.384. The van der Waals surface area contributed by atoms with Crippen molar-refractivity contribution in [2.45, 2.75) is 69.9 Å². The van der Waals surface area contributed by atoms with Crippen molar-refractivity contribution in [2.75, 3.05) is 13.1 Å². The number of benzene rings is 1. The summed E-state index contributed by atoms with van der Waals surface area (Å²) in [7, 11) is 0. The van der Waals surface area contributed by atoms with E-state index in [2.05, 4.69) is 34.9 Å². The van der Waals surface area contributed by atoms with E-state index in [4.69, 9.17) is 0 Å². The average Bonchev–Trinajstić information content (AvgIpc) is 2.88. The van der Waals surface area contributed by atoms with Crippen LogP contribution in [0.2, 0.25) is 0 Å². The van der Waals surface area contributed by atoms with Crippen molar-refractivity contribution in [3.05, 3.63) is 35.4 Å². The molecule has 0 spiro atoms. The highest BCUT2D eigenvalue weighted by Crippen LogP contribution is 2.21. The van der Waals surface area contributed by atoms with E-state index in [0.717, 1.165) is 19.1 Å². The maximum atomic E-state index is 3.77. The standard InChI is InChI=1S/C19H30N2/c1-2-4-10-18(11-5-3-1)20-12-13-21-19-14-16-8-6-7-9-17(16)15-19/h6-9,18-21H,1-5,10-15H2. The lowest BCUT2D eigenvalue weighted by atomic mass is 9.97. The Morgan fingerprint density at radius 3 is 1.86 bits per heavy atom. The van der Waals surface area contributed by atoms with Gasteiger partial charge < -0.3 is 10.6 Å². The molecular formula is C19H30N2. The molecule has 1 aromatic rings. The highest BCUT2D eigenvalue weighted by molar-refractivity contribution is 5.33. The van der Waals surface area contributed by atoms with Crippen LogP contribution in [-0.4, -0.2) is 25.2 Å². The summed E-state index contributed by atoms with van der Waals surface area (Å²) in [5, 5.41) is 7.51. The summed E-state index contributed by atoms with van der Waals surface area (Å²) in [6.45, 7) is 2.23. The third-order valence-corrected chi connectivity index (χ3v) is 5.15. The molecule has 21 heavy (non-hydrogen) atoms. The molecule has 2 aliphatic carbocycles. The molecule has 1 saturated carbocycles. The third-order valence-electron chi connectivity index (χ3n) is 5.15. The molecule has 2 aliphatic rings. The summed E-state index contributed by atoms with van der Waals surface area (Å²) in [5.41, 5.74) is 3.09. The Balaban J connectivity index is 1.32. The first-order chi connectivity index (χ1) is 10.4. The first-order valence-corrected chi connectivity index (χ1v) is 8.95. The normalized spacial score (nSPS) is 21.0. The van der Waals surface area contributed by atoms with Gasteiger partial charge in [0.15, 0.2) is 0 Å². The van der Waals surface area contributed by atoms with E-state index in [0.29, 0.717) is 6.04 Å². The number of hydrogen-bond donors (Lipinski definition) is 2. The van der Waals surface area contributed by atoms with E-state index in [1.165, 1.54) is 57.8 Å². The molecule has 0 aromatic heterocycles. The van der Waals surface area contributed by atoms with Gasteiger partial charge in [-0.3, -0.25) is 0 Å². The van der Waals surface area contributed by atoms with Crippen molar-refractivity contribution in [1.29, 1.82) is 0 Å². The molecule has 0 unspecified atom stereocenters. The molecule has 0 aliphatic heterocycles. The van der Waals surface area contributed by atoms with Crippen LogP contribution in [0.4, 0.5) is 0 Å². The van der Waals surface area contributed by atoms with Gasteiger partial charge >= 0.3 is 0 Å². The monoisotopic (exact) mass is 286 g/mol. The molecule has 0 heterocycles. The predicted octanol–water partition coefficient (Wildman–Crippen LogP) is 3.45. The van der Waals surface area contributed by atoms with Crippen LogP contribution in [0, 0.1) is 0 Å². The Bertz CT molecular complexity index is 396. The molecule has 0 saturated heterocycles. The molecule has 0 radical (unpaired) electrons. The fraction of sp³-hybridized carbons (Fsp3) is 0.684. The second-order valence-corrected chi connectivity index (χ2v) is 6.82. The molecular weight excluding hydrogens is 256 g/mol. The van der Waals surface area contributed by atoms with Crippen LogP contribution in [0.3, 0.4) is 0 Å². The summed E-state index contributed by atoms with van der Waals surface area (Å²) in [4.78, 5) is 0. The lowest BCUT2D eigenvalue weighted by Gasteiger charge is -2.21. The van der Waals surface area contributed by atoms with Crippen molar-refractivity contribution >= 4 is 0 Å². The first kappa shape index (κ1) is 15.1. The SMILES string of the molecule is c1ccc2c(c1)CC(NCCNC1CCCCCCC1)C2. The Morgan fingerprint density at radius 2 is 1.24 bits per heavy atom. The lowest BCUT2D eigenvalue weighted by Crippen LogP contribution is -2.39. The minimum Gasteiger partial charge on any atom is -0.313 e. The molecule has 116 valence electrons. The van der Waals surface area contributed by atoms with Gasteiger partial charge in [0.25, 0.3) is 0 Å². The van der Waals surface area contributed by atoms with Gasteiger partial charge in [0.2, 0.25) is 0 Å². The number of nitrogens with one attached hydrogen (secondary N) is 2. The number of rotatable bonds is 5. The van der Waals surface area contributed by atoms with Crippen LogP contribution >= 0.6 is 0 Å². The second-order valence-electron chi connectivity index (χ2n) is 6.82. The van der Waals surface area contributed by atoms with Crippen LogP contribution in [0.1, 0.15) is 56.1 Å². The first-order valence-electron chi connectivity index (χ1n) is 8.95. The van der Waals surface area contributed by atoms with E-state index in [9.17, 15) is 0 Å². The topological polar surface area (TPSA) is 24.1 Å². The van der Waals surface area contributed by atoms with Crippen LogP contribution in [0.5, 0.6) is 0 Å². The summed E-state index contributed by atoms with van der Waals surface area (Å²) in [6.07, 6.45) is 12.4. The number of hydrogen-bond acceptors (Lipinski definition) is 2. The fourth-order valence-electron chi connectivity index (χ4n) is 3.92. The molecule has 3 rings (SSSR count). The summed E-state index contributed by atoms with van der Waals surface area (Å²) >= 11 is 0. The fourth-order valence-corrected chi connectivity index (χ4v) is 3.92. The van der Waals surface area contributed by atoms with E-state index < -0.39 is 0 Å². The Kier molecular flexibility index (Phi) is 5.70. The Labute approximate surface area is 129 Å². The minimum atomic E-state index is 0.654. The van der Waals surface area contributed by atoms with Crippen molar-refractivity contribution in [3.63, 3.8) is 0 Å². The highest BCUT2D eigenvalue weighted by Gasteiger charge is 2.20. The van der Waals surface area contributed by atoms with Gasteiger partial charge in [0.05, 0.1) is 0 Å². The van der Waals surface area contributed by atoms with Crippen LogP contribution in [0.25, 0.3) is 0 Å². The molecule has 2 heteroatoms. The van der Waals surface area contributed by atoms with Crippen molar-refractivity contribution < 1.29 is 0 Å². The number of fused-ring (bicyclic) bond motifs is 1. The van der Waals surface area contributed by atoms with Crippen molar-refractivity contribution in [1.82, 2.24) is 10.6 Å². The van der Waals surface area contributed by atoms with Crippen LogP contribution in [-0.2, 0) is 12.8 Å². The molecule has 0 amide bonds. The van der Waals surface area contributed by atoms with Crippen LogP contribution < -0.4 is 10.6 Å². The quantitative estimate of drug-likeness (QED) is 0.810. The van der Waals surface area contributed by atoms with Gasteiger partial charge in [-0.2, -0.15) is 0 Å². The Morgan fingerprint density at radius 1 is 0.714 bits per heavy atom. The van der Waals surface area contributed by atoms with E-state index in [-0.39, 0.29) is 0 Å². The molecule has 1 aromatic carbocycles. The van der Waals surface area contributed by atoms with Gasteiger partial charge in [-0.25, -0.2) is 0 Å². The molecule has 0 bridgehead atoms. The van der Waals surface area contributed by atoms with Gasteiger partial charge in [-0.15, -0.1) is 0 Å². The van der Waals surface area contributed by atoms with Gasteiger partial charge in [-0.05, 0) is 36.8 Å². The van der Waals surface area contributed by atoms with E-state index in [1.54, 1.807) is 11.1 Å². The highest BCUT2D eigenvalue weighted by atomic mass is 15.0. The van der Waals surface area contributed by atoms with Gasteiger partial charge in [-0.1, -0.05) is 56.4 Å². The zero-order valence-corrected chi connectivity index (χ0v) is 13.2. The molecule has 0 atom stereocenters. The Hall–Kier alpha value is -0.860. The minimum absolute atomic E-state index is 0.654. The summed E-state index contributed by atoms with van der Waals surface area (Å²) < 4.78 is 0. The average molecular weight is 286 g/mol. The van der Waals surface area contributed by atoms with Crippen molar-refractivity contribution in [3.8, 4) is 0 Å². The van der Waals surface area contributed by atoms with E-state index >= 15 is 0 Å². The summed E-state index contributed by atoms with van der Waals surface area (Å²) in [5.74, 6) is 0. The van der Waals surface area contributed by atoms with Crippen LogP contribution in [0.15, 0.2) is 24.3 Å². The maximum Gasteiger partial charge on any atom is 0.0149 e. The predicted molar refractivity (Wildman–Crippen MR) is 89.8 cm³/mol. The van der Waals surface area contributed by atoms with Gasteiger partial charge in [0.1, 0.15) is 0 Å². The smallest absolute Gasteiger partial charge is 0.0149 e. The zero-order valence-electron chi connectivity index (χ0n) is 13.2. The molecule has 2 nitrogen and oxygen atoms in total. The summed E-state index contributed by atoms with van der Waals surface area (Å²) in [6, 6.07) is 10.3. The molecule has 1 fully saturated rings.